The van der Waals surface area contributed by atoms with Gasteiger partial charge < -0.3 is 14.7 Å². The molecular formula is C21H21NO4. The number of hydrogen-bond donors (Lipinski definition) is 1. The van der Waals surface area contributed by atoms with Crippen LogP contribution in [0.1, 0.15) is 27.9 Å². The van der Waals surface area contributed by atoms with Crippen molar-refractivity contribution in [3.63, 3.8) is 0 Å². The number of aromatic hydroxyl groups is 1. The lowest BCUT2D eigenvalue weighted by molar-refractivity contribution is -0.134. The molecule has 3 rings (SSSR count). The Kier molecular flexibility index (Phi) is 5.37. The molecule has 0 radical (unpaired) electrons. The monoisotopic (exact) mass is 351 g/mol. The smallest absolute Gasteiger partial charge is 0.342 e. The van der Waals surface area contributed by atoms with E-state index in [0.717, 1.165) is 12.0 Å². The number of phenolic OH excluding ortho intramolecular Hbond substituents is 1. The lowest BCUT2D eigenvalue weighted by Gasteiger charge is -2.26. The highest BCUT2D eigenvalue weighted by atomic mass is 16.5. The van der Waals surface area contributed by atoms with Gasteiger partial charge in [0.25, 0.3) is 5.91 Å². The van der Waals surface area contributed by atoms with Crippen molar-refractivity contribution in [3.05, 3.63) is 71.3 Å². The van der Waals surface area contributed by atoms with Crippen LogP contribution in [0.3, 0.4) is 0 Å². The highest BCUT2D eigenvalue weighted by Gasteiger charge is 2.20. The van der Waals surface area contributed by atoms with Gasteiger partial charge >= 0.3 is 5.97 Å². The molecule has 5 nitrogen and oxygen atoms in total. The maximum absolute atomic E-state index is 12.3. The average Bonchev–Trinajstić information content (AvgIpc) is 2.68. The van der Waals surface area contributed by atoms with Crippen LogP contribution in [0, 0.1) is 6.92 Å². The molecule has 26 heavy (non-hydrogen) atoms. The summed E-state index contributed by atoms with van der Waals surface area (Å²) in [5.74, 6) is -1.09. The minimum atomic E-state index is -0.697. The second-order valence-electron chi connectivity index (χ2n) is 6.28. The molecule has 1 aliphatic heterocycles. The van der Waals surface area contributed by atoms with Gasteiger partial charge in [-0.05, 0) is 36.6 Å². The number of phenols is 1. The van der Waals surface area contributed by atoms with Crippen molar-refractivity contribution in [1.29, 1.82) is 0 Å². The van der Waals surface area contributed by atoms with Crippen molar-refractivity contribution in [2.24, 2.45) is 0 Å². The van der Waals surface area contributed by atoms with E-state index in [2.05, 4.69) is 12.1 Å². The first-order chi connectivity index (χ1) is 12.5. The number of hydrogen-bond acceptors (Lipinski definition) is 4. The van der Waals surface area contributed by atoms with Crippen LogP contribution in [-0.2, 0) is 9.53 Å². The van der Waals surface area contributed by atoms with Crippen molar-refractivity contribution < 1.29 is 19.4 Å². The number of nitrogens with zero attached hydrogens (tertiary/aromatic N) is 1. The maximum Gasteiger partial charge on any atom is 0.342 e. The molecule has 2 aromatic carbocycles. The van der Waals surface area contributed by atoms with Gasteiger partial charge in [-0.2, -0.15) is 0 Å². The zero-order valence-electron chi connectivity index (χ0n) is 14.6. The first kappa shape index (κ1) is 17.7. The molecule has 0 aromatic heterocycles. The molecule has 0 saturated heterocycles. The Bertz CT molecular complexity index is 842. The Morgan fingerprint density at radius 2 is 1.92 bits per heavy atom. The van der Waals surface area contributed by atoms with Crippen molar-refractivity contribution in [1.82, 2.24) is 4.90 Å². The van der Waals surface area contributed by atoms with Crippen LogP contribution in [0.4, 0.5) is 0 Å². The van der Waals surface area contributed by atoms with E-state index in [1.807, 2.05) is 31.2 Å². The van der Waals surface area contributed by atoms with Crippen LogP contribution in [0.15, 0.2) is 54.6 Å². The van der Waals surface area contributed by atoms with Gasteiger partial charge in [0.05, 0.1) is 0 Å². The number of carbonyl (C=O) groups is 2. The summed E-state index contributed by atoms with van der Waals surface area (Å²) in [6.07, 6.45) is 2.80. The summed E-state index contributed by atoms with van der Waals surface area (Å²) in [5, 5.41) is 9.75. The number of carbonyl (C=O) groups excluding carboxylic acids is 2. The number of aryl methyl sites for hydroxylation is 1. The number of ether oxygens (including phenoxy) is 1. The topological polar surface area (TPSA) is 66.8 Å². The summed E-state index contributed by atoms with van der Waals surface area (Å²) in [4.78, 5) is 26.0. The summed E-state index contributed by atoms with van der Waals surface area (Å²) in [6.45, 7) is 2.57. The first-order valence-electron chi connectivity index (χ1n) is 8.53. The lowest BCUT2D eigenvalue weighted by atomic mass is 10.00. The van der Waals surface area contributed by atoms with Crippen molar-refractivity contribution in [2.75, 3.05) is 19.7 Å². The zero-order valence-corrected chi connectivity index (χ0v) is 14.6. The molecule has 134 valence electrons. The van der Waals surface area contributed by atoms with Crippen LogP contribution in [-0.4, -0.2) is 41.6 Å². The quantitative estimate of drug-likeness (QED) is 0.859. The Labute approximate surface area is 152 Å². The molecule has 0 saturated carbocycles. The Hall–Kier alpha value is -3.08. The molecule has 0 atom stereocenters. The van der Waals surface area contributed by atoms with Crippen LogP contribution >= 0.6 is 0 Å². The van der Waals surface area contributed by atoms with Gasteiger partial charge in [0.2, 0.25) is 0 Å². The molecule has 0 bridgehead atoms. The van der Waals surface area contributed by atoms with Gasteiger partial charge in [-0.1, -0.05) is 48.0 Å². The second kappa shape index (κ2) is 7.87. The van der Waals surface area contributed by atoms with Crippen molar-refractivity contribution in [3.8, 4) is 5.75 Å². The summed E-state index contributed by atoms with van der Waals surface area (Å²) < 4.78 is 5.08. The van der Waals surface area contributed by atoms with Crippen molar-refractivity contribution in [2.45, 2.75) is 13.3 Å². The number of benzene rings is 2. The molecule has 1 amide bonds. The van der Waals surface area contributed by atoms with E-state index in [1.165, 1.54) is 23.3 Å². The van der Waals surface area contributed by atoms with E-state index in [9.17, 15) is 14.7 Å². The minimum absolute atomic E-state index is 0.0719. The summed E-state index contributed by atoms with van der Waals surface area (Å²) in [7, 11) is 0. The molecule has 1 N–H and O–H groups in total. The fraction of sp³-hybridized carbons (Fsp3) is 0.238. The molecule has 5 heteroatoms. The summed E-state index contributed by atoms with van der Waals surface area (Å²) >= 11 is 0. The zero-order chi connectivity index (χ0) is 18.5. The van der Waals surface area contributed by atoms with Crippen LogP contribution < -0.4 is 0 Å². The van der Waals surface area contributed by atoms with Gasteiger partial charge in [-0.3, -0.25) is 4.79 Å². The van der Waals surface area contributed by atoms with Gasteiger partial charge in [-0.25, -0.2) is 4.79 Å². The van der Waals surface area contributed by atoms with E-state index in [1.54, 1.807) is 11.0 Å². The molecule has 0 unspecified atom stereocenters. The van der Waals surface area contributed by atoms with E-state index in [0.29, 0.717) is 13.1 Å². The fourth-order valence-corrected chi connectivity index (χ4v) is 2.92. The third kappa shape index (κ3) is 4.11. The second-order valence-corrected chi connectivity index (χ2v) is 6.28. The summed E-state index contributed by atoms with van der Waals surface area (Å²) in [5.41, 5.74) is 3.29. The first-order valence-corrected chi connectivity index (χ1v) is 8.53. The highest BCUT2D eigenvalue weighted by molar-refractivity contribution is 5.94. The normalized spacial score (nSPS) is 13.9. The van der Waals surface area contributed by atoms with E-state index < -0.39 is 5.97 Å². The molecule has 1 aliphatic rings. The van der Waals surface area contributed by atoms with E-state index in [4.69, 9.17) is 4.74 Å². The van der Waals surface area contributed by atoms with E-state index in [-0.39, 0.29) is 23.8 Å². The molecule has 0 spiro atoms. The minimum Gasteiger partial charge on any atom is -0.507 e. The van der Waals surface area contributed by atoms with Gasteiger partial charge in [-0.15, -0.1) is 0 Å². The Balaban J connectivity index is 1.55. The number of esters is 1. The number of amides is 1. The Morgan fingerprint density at radius 1 is 1.15 bits per heavy atom. The largest absolute Gasteiger partial charge is 0.507 e. The van der Waals surface area contributed by atoms with E-state index >= 15 is 0 Å². The maximum atomic E-state index is 12.3. The molecule has 2 aromatic rings. The summed E-state index contributed by atoms with van der Waals surface area (Å²) in [6, 6.07) is 14.7. The SMILES string of the molecule is Cc1ccc(O)c(C(=O)OCC(=O)N2CC=C(c3ccccc3)CC2)c1. The third-order valence-electron chi connectivity index (χ3n) is 4.41. The van der Waals surface area contributed by atoms with Crippen molar-refractivity contribution >= 4 is 17.4 Å². The standard InChI is InChI=1S/C21H21NO4/c1-15-7-8-19(23)18(13-15)21(25)26-14-20(24)22-11-9-17(10-12-22)16-5-3-2-4-6-16/h2-9,13,23H,10-12,14H2,1H3. The molecule has 1 heterocycles. The van der Waals surface area contributed by atoms with Gasteiger partial charge in [0, 0.05) is 13.1 Å². The van der Waals surface area contributed by atoms with Gasteiger partial charge in [0.15, 0.2) is 6.61 Å². The van der Waals surface area contributed by atoms with Crippen LogP contribution in [0.25, 0.3) is 5.57 Å². The fourth-order valence-electron chi connectivity index (χ4n) is 2.92. The number of rotatable bonds is 4. The molecule has 0 fully saturated rings. The highest BCUT2D eigenvalue weighted by Crippen LogP contribution is 2.22. The van der Waals surface area contributed by atoms with Gasteiger partial charge in [0.1, 0.15) is 11.3 Å². The predicted molar refractivity (Wildman–Crippen MR) is 98.7 cm³/mol. The Morgan fingerprint density at radius 3 is 2.62 bits per heavy atom. The van der Waals surface area contributed by atoms with Crippen LogP contribution in [0.5, 0.6) is 5.75 Å². The lowest BCUT2D eigenvalue weighted by Crippen LogP contribution is -2.37. The average molecular weight is 351 g/mol. The molecular weight excluding hydrogens is 330 g/mol. The predicted octanol–water partition coefficient (Wildman–Crippen LogP) is 3.17. The molecule has 0 aliphatic carbocycles. The third-order valence-corrected chi connectivity index (χ3v) is 4.41. The van der Waals surface area contributed by atoms with Crippen LogP contribution in [0.2, 0.25) is 0 Å².